The van der Waals surface area contributed by atoms with E-state index in [1.165, 1.54) is 0 Å². The number of piperazine rings is 1. The van der Waals surface area contributed by atoms with Crippen molar-refractivity contribution >= 4 is 29.1 Å². The zero-order chi connectivity index (χ0) is 12.4. The number of benzene rings is 1. The van der Waals surface area contributed by atoms with Crippen molar-refractivity contribution in [3.05, 3.63) is 28.8 Å². The Kier molecular flexibility index (Phi) is 3.31. The number of hydrogen-bond donors (Lipinski definition) is 2. The molecule has 0 aromatic heterocycles. The molecule has 0 atom stereocenters. The van der Waals surface area contributed by atoms with Crippen LogP contribution in [0.5, 0.6) is 0 Å². The second-order valence-electron chi connectivity index (χ2n) is 3.73. The van der Waals surface area contributed by atoms with Crippen molar-refractivity contribution in [3.63, 3.8) is 0 Å². The maximum atomic E-state index is 11.3. The second-order valence-corrected chi connectivity index (χ2v) is 4.14. The molecule has 0 spiro atoms. The molecular formula is C11H11ClN2O3. The molecule has 90 valence electrons. The van der Waals surface area contributed by atoms with Crippen LogP contribution in [0, 0.1) is 0 Å². The van der Waals surface area contributed by atoms with Crippen LogP contribution in [0.2, 0.25) is 5.02 Å². The number of para-hydroxylation sites is 1. The average Bonchev–Trinajstić information content (AvgIpc) is 2.27. The number of anilines is 1. The smallest absolute Gasteiger partial charge is 0.246 e. The van der Waals surface area contributed by atoms with Gasteiger partial charge in [-0.1, -0.05) is 23.7 Å². The van der Waals surface area contributed by atoms with Crippen LogP contribution in [-0.2, 0) is 16.2 Å². The minimum atomic E-state index is -0.370. The summed E-state index contributed by atoms with van der Waals surface area (Å²) in [5.74, 6) is -0.741. The van der Waals surface area contributed by atoms with Gasteiger partial charge in [-0.3, -0.25) is 14.9 Å². The first-order valence-corrected chi connectivity index (χ1v) is 5.45. The summed E-state index contributed by atoms with van der Waals surface area (Å²) in [6.45, 7) is -0.0762. The van der Waals surface area contributed by atoms with Crippen molar-refractivity contribution in [2.75, 3.05) is 18.0 Å². The Morgan fingerprint density at radius 1 is 1.29 bits per heavy atom. The van der Waals surface area contributed by atoms with Gasteiger partial charge in [0.25, 0.3) is 0 Å². The highest BCUT2D eigenvalue weighted by molar-refractivity contribution is 6.33. The Morgan fingerprint density at radius 2 is 1.94 bits per heavy atom. The number of carbonyl (C=O) groups excluding carboxylic acids is 2. The summed E-state index contributed by atoms with van der Waals surface area (Å²) < 4.78 is 0. The van der Waals surface area contributed by atoms with Gasteiger partial charge < -0.3 is 10.0 Å². The molecule has 2 N–H and O–H groups in total. The number of imide groups is 1. The lowest BCUT2D eigenvalue weighted by atomic mass is 10.1. The molecule has 1 aromatic carbocycles. The topological polar surface area (TPSA) is 69.6 Å². The molecule has 0 radical (unpaired) electrons. The van der Waals surface area contributed by atoms with Gasteiger partial charge in [0.1, 0.15) is 0 Å². The number of aliphatic hydroxyl groups is 1. The van der Waals surface area contributed by atoms with E-state index in [2.05, 4.69) is 5.32 Å². The number of halogens is 1. The van der Waals surface area contributed by atoms with Gasteiger partial charge in [0.05, 0.1) is 30.4 Å². The molecule has 1 saturated heterocycles. The standard InChI is InChI=1S/C11H11ClN2O3/c12-8-3-1-2-7(6-15)11(8)14-4-9(16)13-10(17)5-14/h1-3,15H,4-6H2,(H,13,16,17). The highest BCUT2D eigenvalue weighted by Crippen LogP contribution is 2.30. The number of nitrogens with one attached hydrogen (secondary N) is 1. The largest absolute Gasteiger partial charge is 0.392 e. The van der Waals surface area contributed by atoms with Crippen LogP contribution in [0.4, 0.5) is 5.69 Å². The molecule has 0 saturated carbocycles. The summed E-state index contributed by atoms with van der Waals surface area (Å²) in [5.41, 5.74) is 1.14. The van der Waals surface area contributed by atoms with Crippen molar-refractivity contribution in [1.82, 2.24) is 5.32 Å². The van der Waals surface area contributed by atoms with E-state index in [4.69, 9.17) is 11.6 Å². The fourth-order valence-electron chi connectivity index (χ4n) is 1.84. The Morgan fingerprint density at radius 3 is 2.53 bits per heavy atom. The summed E-state index contributed by atoms with van der Waals surface area (Å²) in [6.07, 6.45) is 0. The van der Waals surface area contributed by atoms with Crippen molar-refractivity contribution in [1.29, 1.82) is 0 Å². The Bertz CT molecular complexity index is 460. The lowest BCUT2D eigenvalue weighted by molar-refractivity contribution is -0.130. The third-order valence-corrected chi connectivity index (χ3v) is 2.81. The molecule has 1 aliphatic heterocycles. The van der Waals surface area contributed by atoms with E-state index in [1.54, 1.807) is 23.1 Å². The van der Waals surface area contributed by atoms with Crippen LogP contribution < -0.4 is 10.2 Å². The first kappa shape index (κ1) is 11.9. The Hall–Kier alpha value is -1.59. The maximum Gasteiger partial charge on any atom is 0.246 e. The van der Waals surface area contributed by atoms with Crippen molar-refractivity contribution in [2.24, 2.45) is 0 Å². The molecule has 0 unspecified atom stereocenters. The third-order valence-electron chi connectivity index (χ3n) is 2.50. The maximum absolute atomic E-state index is 11.3. The molecule has 2 amide bonds. The van der Waals surface area contributed by atoms with E-state index < -0.39 is 0 Å². The monoisotopic (exact) mass is 254 g/mol. The first-order chi connectivity index (χ1) is 8.11. The summed E-state index contributed by atoms with van der Waals surface area (Å²) in [4.78, 5) is 24.1. The van der Waals surface area contributed by atoms with Gasteiger partial charge in [-0.05, 0) is 6.07 Å². The van der Waals surface area contributed by atoms with Gasteiger partial charge in [0.2, 0.25) is 11.8 Å². The van der Waals surface area contributed by atoms with Gasteiger partial charge in [-0.2, -0.15) is 0 Å². The molecule has 17 heavy (non-hydrogen) atoms. The lowest BCUT2D eigenvalue weighted by Crippen LogP contribution is -2.51. The van der Waals surface area contributed by atoms with Crippen LogP contribution >= 0.6 is 11.6 Å². The fraction of sp³-hybridized carbons (Fsp3) is 0.273. The predicted octanol–water partition coefficient (Wildman–Crippen LogP) is 0.295. The normalized spacial score (nSPS) is 16.0. The van der Waals surface area contributed by atoms with Crippen LogP contribution in [0.1, 0.15) is 5.56 Å². The van der Waals surface area contributed by atoms with E-state index >= 15 is 0 Å². The minimum Gasteiger partial charge on any atom is -0.392 e. The molecule has 0 bridgehead atoms. The molecule has 2 rings (SSSR count). The second kappa shape index (κ2) is 4.73. The van der Waals surface area contributed by atoms with E-state index in [1.807, 2.05) is 0 Å². The molecule has 1 heterocycles. The van der Waals surface area contributed by atoms with Crippen molar-refractivity contribution < 1.29 is 14.7 Å². The average molecular weight is 255 g/mol. The van der Waals surface area contributed by atoms with Gasteiger partial charge in [0.15, 0.2) is 0 Å². The predicted molar refractivity (Wildman–Crippen MR) is 62.7 cm³/mol. The minimum absolute atomic E-state index is 0.0580. The number of hydrogen-bond acceptors (Lipinski definition) is 4. The quantitative estimate of drug-likeness (QED) is 0.745. The SMILES string of the molecule is O=C1CN(c2c(Cl)cccc2CO)CC(=O)N1. The highest BCUT2D eigenvalue weighted by atomic mass is 35.5. The van der Waals surface area contributed by atoms with Gasteiger partial charge in [-0.25, -0.2) is 0 Å². The number of nitrogens with zero attached hydrogens (tertiary/aromatic N) is 1. The zero-order valence-corrected chi connectivity index (χ0v) is 9.70. The first-order valence-electron chi connectivity index (χ1n) is 5.07. The summed E-state index contributed by atoms with van der Waals surface area (Å²) in [5, 5.41) is 11.9. The van der Waals surface area contributed by atoms with Gasteiger partial charge in [-0.15, -0.1) is 0 Å². The van der Waals surface area contributed by atoms with Gasteiger partial charge in [0, 0.05) is 5.56 Å². The number of aliphatic hydroxyl groups excluding tert-OH is 1. The zero-order valence-electron chi connectivity index (χ0n) is 8.94. The van der Waals surface area contributed by atoms with Gasteiger partial charge >= 0.3 is 0 Å². The molecule has 1 aromatic rings. The molecular weight excluding hydrogens is 244 g/mol. The molecule has 5 nitrogen and oxygen atoms in total. The fourth-order valence-corrected chi connectivity index (χ4v) is 2.15. The summed E-state index contributed by atoms with van der Waals surface area (Å²) in [7, 11) is 0. The molecule has 6 heteroatoms. The Labute approximate surface area is 103 Å². The summed E-state index contributed by atoms with van der Waals surface area (Å²) >= 11 is 6.04. The molecule has 0 aliphatic carbocycles. The number of rotatable bonds is 2. The van der Waals surface area contributed by atoms with Crippen molar-refractivity contribution in [3.8, 4) is 0 Å². The van der Waals surface area contributed by atoms with Crippen LogP contribution in [0.15, 0.2) is 18.2 Å². The Balaban J connectivity index is 2.39. The van der Waals surface area contributed by atoms with E-state index in [0.29, 0.717) is 16.3 Å². The van der Waals surface area contributed by atoms with Crippen LogP contribution in [0.3, 0.4) is 0 Å². The van der Waals surface area contributed by atoms with E-state index in [9.17, 15) is 14.7 Å². The van der Waals surface area contributed by atoms with Crippen LogP contribution in [-0.4, -0.2) is 30.0 Å². The number of carbonyl (C=O) groups is 2. The molecule has 1 fully saturated rings. The van der Waals surface area contributed by atoms with E-state index in [0.717, 1.165) is 0 Å². The molecule has 1 aliphatic rings. The number of amides is 2. The van der Waals surface area contributed by atoms with E-state index in [-0.39, 0.29) is 31.5 Å². The third kappa shape index (κ3) is 2.40. The highest BCUT2D eigenvalue weighted by Gasteiger charge is 2.25. The lowest BCUT2D eigenvalue weighted by Gasteiger charge is -2.29. The van der Waals surface area contributed by atoms with Crippen molar-refractivity contribution in [2.45, 2.75) is 6.61 Å². The van der Waals surface area contributed by atoms with Crippen LogP contribution in [0.25, 0.3) is 0 Å². The summed E-state index contributed by atoms with van der Waals surface area (Å²) in [6, 6.07) is 5.08.